The number of aryl methyl sites for hydroxylation is 1. The minimum Gasteiger partial charge on any atom is -0.481 e. The molecule has 4 heteroatoms. The van der Waals surface area contributed by atoms with Crippen molar-refractivity contribution in [1.82, 2.24) is 4.90 Å². The summed E-state index contributed by atoms with van der Waals surface area (Å²) in [6.45, 7) is 1.04. The van der Waals surface area contributed by atoms with Gasteiger partial charge in [-0.3, -0.25) is 9.69 Å². The first kappa shape index (κ1) is 14.0. The summed E-state index contributed by atoms with van der Waals surface area (Å²) in [6.07, 6.45) is 3.66. The average Bonchev–Trinajstić information content (AvgIpc) is 2.47. The van der Waals surface area contributed by atoms with E-state index in [0.29, 0.717) is 6.04 Å². The lowest BCUT2D eigenvalue weighted by Crippen LogP contribution is -2.51. The van der Waals surface area contributed by atoms with Gasteiger partial charge in [-0.15, -0.1) is 0 Å². The van der Waals surface area contributed by atoms with E-state index in [1.165, 1.54) is 11.1 Å². The van der Waals surface area contributed by atoms with Crippen LogP contribution in [0.25, 0.3) is 0 Å². The van der Waals surface area contributed by atoms with E-state index in [-0.39, 0.29) is 12.5 Å². The van der Waals surface area contributed by atoms with Crippen LogP contribution in [-0.4, -0.2) is 46.1 Å². The Bertz CT molecular complexity index is 491. The Morgan fingerprint density at radius 1 is 1.35 bits per heavy atom. The maximum Gasteiger partial charge on any atom is 0.304 e. The quantitative estimate of drug-likeness (QED) is 0.928. The van der Waals surface area contributed by atoms with Gasteiger partial charge in [0.15, 0.2) is 0 Å². The number of nitrogens with zero attached hydrogens (tertiary/aromatic N) is 1. The van der Waals surface area contributed by atoms with Gasteiger partial charge in [0, 0.05) is 30.1 Å². The van der Waals surface area contributed by atoms with Crippen LogP contribution in [0.15, 0.2) is 24.3 Å². The van der Waals surface area contributed by atoms with Crippen LogP contribution in [0.3, 0.4) is 0 Å². The number of carboxylic acids is 1. The van der Waals surface area contributed by atoms with Gasteiger partial charge in [0.1, 0.15) is 0 Å². The third-order valence-corrected chi connectivity index (χ3v) is 5.56. The molecule has 1 fully saturated rings. The highest BCUT2D eigenvalue weighted by molar-refractivity contribution is 7.99. The van der Waals surface area contributed by atoms with Crippen LogP contribution in [0.5, 0.6) is 0 Å². The van der Waals surface area contributed by atoms with Crippen molar-refractivity contribution in [3.05, 3.63) is 35.4 Å². The molecule has 1 aliphatic heterocycles. The molecule has 3 nitrogen and oxygen atoms in total. The highest BCUT2D eigenvalue weighted by Gasteiger charge is 2.32. The molecular weight excluding hydrogens is 270 g/mol. The Morgan fingerprint density at radius 2 is 2.15 bits per heavy atom. The molecule has 0 amide bonds. The summed E-state index contributed by atoms with van der Waals surface area (Å²) in [5, 5.41) is 9.10. The molecule has 2 unspecified atom stereocenters. The van der Waals surface area contributed by atoms with Gasteiger partial charge in [-0.05, 0) is 30.4 Å². The molecule has 1 heterocycles. The zero-order valence-corrected chi connectivity index (χ0v) is 12.4. The summed E-state index contributed by atoms with van der Waals surface area (Å²) in [5.41, 5.74) is 2.93. The maximum atomic E-state index is 11.1. The fraction of sp³-hybridized carbons (Fsp3) is 0.562. The van der Waals surface area contributed by atoms with Crippen molar-refractivity contribution >= 4 is 17.7 Å². The second-order valence-corrected chi connectivity index (χ2v) is 6.88. The molecule has 108 valence electrons. The van der Waals surface area contributed by atoms with Crippen LogP contribution >= 0.6 is 11.8 Å². The number of rotatable bonds is 3. The lowest BCUT2D eigenvalue weighted by atomic mass is 9.87. The minimum atomic E-state index is -0.668. The molecule has 0 bridgehead atoms. The Kier molecular flexibility index (Phi) is 4.32. The normalized spacial score (nSPS) is 27.0. The summed E-state index contributed by atoms with van der Waals surface area (Å²) >= 11 is 1.89. The van der Waals surface area contributed by atoms with Crippen LogP contribution in [0.2, 0.25) is 0 Å². The van der Waals surface area contributed by atoms with Crippen LogP contribution in [0.4, 0.5) is 0 Å². The van der Waals surface area contributed by atoms with Crippen LogP contribution in [-0.2, 0) is 17.6 Å². The van der Waals surface area contributed by atoms with Gasteiger partial charge in [0.25, 0.3) is 0 Å². The molecule has 0 radical (unpaired) electrons. The zero-order chi connectivity index (χ0) is 13.9. The lowest BCUT2D eigenvalue weighted by Gasteiger charge is -2.42. The van der Waals surface area contributed by atoms with Crippen molar-refractivity contribution in [2.45, 2.75) is 37.8 Å². The fourth-order valence-corrected chi connectivity index (χ4v) is 4.58. The van der Waals surface area contributed by atoms with E-state index in [1.54, 1.807) is 0 Å². The van der Waals surface area contributed by atoms with Crippen molar-refractivity contribution in [1.29, 1.82) is 0 Å². The first-order valence-electron chi connectivity index (χ1n) is 7.36. The molecule has 1 aliphatic carbocycles. The van der Waals surface area contributed by atoms with Crippen molar-refractivity contribution in [2.75, 3.05) is 18.1 Å². The molecule has 2 aliphatic rings. The summed E-state index contributed by atoms with van der Waals surface area (Å²) in [5.74, 6) is 1.43. The monoisotopic (exact) mass is 291 g/mol. The van der Waals surface area contributed by atoms with Crippen molar-refractivity contribution < 1.29 is 9.90 Å². The molecule has 1 saturated heterocycles. The molecule has 20 heavy (non-hydrogen) atoms. The van der Waals surface area contributed by atoms with E-state index in [9.17, 15) is 4.79 Å². The third kappa shape index (κ3) is 3.01. The number of carbonyl (C=O) groups is 1. The van der Waals surface area contributed by atoms with E-state index < -0.39 is 5.97 Å². The summed E-state index contributed by atoms with van der Waals surface area (Å²) in [6, 6.07) is 9.42. The van der Waals surface area contributed by atoms with Crippen molar-refractivity contribution in [2.24, 2.45) is 0 Å². The Hall–Kier alpha value is -1.00. The van der Waals surface area contributed by atoms with Crippen LogP contribution < -0.4 is 0 Å². The van der Waals surface area contributed by atoms with E-state index in [4.69, 9.17) is 5.11 Å². The molecule has 1 aromatic carbocycles. The molecule has 3 rings (SSSR count). The first-order valence-corrected chi connectivity index (χ1v) is 8.51. The second kappa shape index (κ2) is 6.19. The van der Waals surface area contributed by atoms with Gasteiger partial charge in [-0.2, -0.15) is 11.8 Å². The number of hydrogen-bond donors (Lipinski definition) is 1. The van der Waals surface area contributed by atoms with Gasteiger partial charge in [0.2, 0.25) is 0 Å². The van der Waals surface area contributed by atoms with E-state index >= 15 is 0 Å². The molecule has 2 atom stereocenters. The number of carboxylic acid groups (broad SMARTS) is 1. The summed E-state index contributed by atoms with van der Waals surface area (Å²) in [7, 11) is 0. The zero-order valence-electron chi connectivity index (χ0n) is 11.6. The molecule has 0 aromatic heterocycles. The highest BCUT2D eigenvalue weighted by atomic mass is 32.2. The number of thioether (sulfide) groups is 1. The van der Waals surface area contributed by atoms with Crippen LogP contribution in [0, 0.1) is 0 Å². The molecule has 1 aromatic rings. The average molecular weight is 291 g/mol. The summed E-state index contributed by atoms with van der Waals surface area (Å²) < 4.78 is 0. The van der Waals surface area contributed by atoms with E-state index in [1.807, 2.05) is 11.8 Å². The standard InChI is InChI=1S/C16H21NO2S/c18-16(19)10-15-11-20-8-7-17(15)14-6-5-12-3-1-2-4-13(12)9-14/h1-4,14-15H,5-11H2,(H,18,19). The van der Waals surface area contributed by atoms with Gasteiger partial charge in [0.05, 0.1) is 6.42 Å². The number of benzene rings is 1. The second-order valence-electron chi connectivity index (χ2n) is 5.73. The topological polar surface area (TPSA) is 40.5 Å². The van der Waals surface area contributed by atoms with Gasteiger partial charge in [-0.25, -0.2) is 0 Å². The van der Waals surface area contributed by atoms with E-state index in [0.717, 1.165) is 37.3 Å². The van der Waals surface area contributed by atoms with Gasteiger partial charge >= 0.3 is 5.97 Å². The SMILES string of the molecule is O=C(O)CC1CSCCN1C1CCc2ccccc2C1. The predicted octanol–water partition coefficient (Wildman–Crippen LogP) is 2.44. The number of aliphatic carboxylic acids is 1. The highest BCUT2D eigenvalue weighted by Crippen LogP contribution is 2.29. The molecular formula is C16H21NO2S. The molecule has 1 N–H and O–H groups in total. The number of fused-ring (bicyclic) bond motifs is 1. The maximum absolute atomic E-state index is 11.1. The predicted molar refractivity (Wildman–Crippen MR) is 82.3 cm³/mol. The van der Waals surface area contributed by atoms with Crippen molar-refractivity contribution in [3.63, 3.8) is 0 Å². The minimum absolute atomic E-state index is 0.210. The van der Waals surface area contributed by atoms with Crippen LogP contribution in [0.1, 0.15) is 24.0 Å². The number of hydrogen-bond acceptors (Lipinski definition) is 3. The Labute approximate surface area is 124 Å². The van der Waals surface area contributed by atoms with Gasteiger partial charge < -0.3 is 5.11 Å². The molecule has 0 saturated carbocycles. The smallest absolute Gasteiger partial charge is 0.304 e. The van der Waals surface area contributed by atoms with E-state index in [2.05, 4.69) is 29.2 Å². The third-order valence-electron chi connectivity index (χ3n) is 4.47. The van der Waals surface area contributed by atoms with Gasteiger partial charge in [-0.1, -0.05) is 24.3 Å². The lowest BCUT2D eigenvalue weighted by molar-refractivity contribution is -0.138. The first-order chi connectivity index (χ1) is 9.74. The summed E-state index contributed by atoms with van der Waals surface area (Å²) in [4.78, 5) is 13.5. The Morgan fingerprint density at radius 3 is 2.95 bits per heavy atom. The largest absolute Gasteiger partial charge is 0.481 e. The molecule has 0 spiro atoms. The Balaban J connectivity index is 1.73. The van der Waals surface area contributed by atoms with Crippen molar-refractivity contribution in [3.8, 4) is 0 Å². The fourth-order valence-electron chi connectivity index (χ4n) is 3.49.